The van der Waals surface area contributed by atoms with Crippen molar-refractivity contribution in [1.82, 2.24) is 9.97 Å². The summed E-state index contributed by atoms with van der Waals surface area (Å²) >= 11 is 0. The van der Waals surface area contributed by atoms with Crippen molar-refractivity contribution < 1.29 is 14.3 Å². The number of nitrogens with zero attached hydrogens (tertiary/aromatic N) is 2. The van der Waals surface area contributed by atoms with Crippen molar-refractivity contribution in [3.05, 3.63) is 30.3 Å². The van der Waals surface area contributed by atoms with Gasteiger partial charge in [0.25, 0.3) is 0 Å². The molecule has 106 valence electrons. The molecule has 6 heteroatoms. The van der Waals surface area contributed by atoms with Gasteiger partial charge in [0.05, 0.1) is 10.9 Å². The highest BCUT2D eigenvalue weighted by Crippen LogP contribution is 2.23. The van der Waals surface area contributed by atoms with Gasteiger partial charge in [-0.1, -0.05) is 25.8 Å². The first-order valence-electron chi connectivity index (χ1n) is 6.52. The number of carboxylic acid groups (broad SMARTS) is 1. The Labute approximate surface area is 115 Å². The molecule has 0 saturated carbocycles. The molecular weight excluding hydrogens is 261 g/mol. The van der Waals surface area contributed by atoms with Gasteiger partial charge in [0, 0.05) is 0 Å². The van der Waals surface area contributed by atoms with Gasteiger partial charge in [-0.25, -0.2) is 19.2 Å². The van der Waals surface area contributed by atoms with Crippen LogP contribution in [0.25, 0.3) is 10.9 Å². The fraction of sp³-hybridized carbons (Fsp3) is 0.357. The normalized spacial score (nSPS) is 12.3. The van der Waals surface area contributed by atoms with Crippen molar-refractivity contribution >= 4 is 22.7 Å². The summed E-state index contributed by atoms with van der Waals surface area (Å²) in [5.74, 6) is -1.22. The molecule has 2 aromatic rings. The van der Waals surface area contributed by atoms with E-state index in [1.165, 1.54) is 12.4 Å². The maximum absolute atomic E-state index is 13.9. The summed E-state index contributed by atoms with van der Waals surface area (Å²) in [6, 6.07) is 3.74. The number of benzene rings is 1. The summed E-state index contributed by atoms with van der Waals surface area (Å²) in [6.45, 7) is 1.98. The van der Waals surface area contributed by atoms with Crippen LogP contribution >= 0.6 is 0 Å². The number of hydrogen-bond acceptors (Lipinski definition) is 4. The average Bonchev–Trinajstić information content (AvgIpc) is 2.43. The topological polar surface area (TPSA) is 75.1 Å². The zero-order chi connectivity index (χ0) is 14.5. The van der Waals surface area contributed by atoms with E-state index in [-0.39, 0.29) is 11.2 Å². The largest absolute Gasteiger partial charge is 0.480 e. The van der Waals surface area contributed by atoms with E-state index in [0.29, 0.717) is 11.9 Å². The summed E-state index contributed by atoms with van der Waals surface area (Å²) in [5, 5.41) is 12.2. The van der Waals surface area contributed by atoms with Crippen LogP contribution in [0, 0.1) is 5.82 Å². The van der Waals surface area contributed by atoms with Gasteiger partial charge >= 0.3 is 5.97 Å². The summed E-state index contributed by atoms with van der Waals surface area (Å²) in [4.78, 5) is 19.2. The van der Waals surface area contributed by atoms with E-state index < -0.39 is 17.8 Å². The Bertz CT molecular complexity index is 613. The first-order chi connectivity index (χ1) is 9.63. The number of aliphatic carboxylic acids is 1. The smallest absolute Gasteiger partial charge is 0.326 e. The molecule has 2 N–H and O–H groups in total. The van der Waals surface area contributed by atoms with Gasteiger partial charge in [0.2, 0.25) is 0 Å². The molecule has 0 aliphatic rings. The molecule has 0 bridgehead atoms. The summed E-state index contributed by atoms with van der Waals surface area (Å²) in [5.41, 5.74) is 0.446. The molecule has 0 aliphatic heterocycles. The Balaban J connectivity index is 2.34. The summed E-state index contributed by atoms with van der Waals surface area (Å²) in [7, 11) is 0. The van der Waals surface area contributed by atoms with E-state index in [4.69, 9.17) is 0 Å². The van der Waals surface area contributed by atoms with Crippen molar-refractivity contribution in [3.63, 3.8) is 0 Å². The van der Waals surface area contributed by atoms with E-state index in [9.17, 15) is 14.3 Å². The van der Waals surface area contributed by atoms with Crippen LogP contribution in [0.15, 0.2) is 24.5 Å². The number of nitrogens with one attached hydrogen (secondary N) is 1. The Morgan fingerprint density at radius 1 is 1.45 bits per heavy atom. The number of carbonyl (C=O) groups is 1. The van der Waals surface area contributed by atoms with Crippen molar-refractivity contribution in [2.75, 3.05) is 5.32 Å². The SMILES string of the molecule is CCCC[C@H](Nc1ncnc2cccc(F)c12)C(=O)O. The third kappa shape index (κ3) is 3.01. The molecule has 1 atom stereocenters. The fourth-order valence-corrected chi connectivity index (χ4v) is 2.01. The third-order valence-corrected chi connectivity index (χ3v) is 3.07. The average molecular weight is 277 g/mol. The number of anilines is 1. The molecule has 20 heavy (non-hydrogen) atoms. The van der Waals surface area contributed by atoms with Crippen LogP contribution in [0.4, 0.5) is 10.2 Å². The van der Waals surface area contributed by atoms with Crippen LogP contribution in [-0.4, -0.2) is 27.1 Å². The van der Waals surface area contributed by atoms with Crippen molar-refractivity contribution in [2.45, 2.75) is 32.2 Å². The van der Waals surface area contributed by atoms with Gasteiger partial charge in [-0.2, -0.15) is 0 Å². The monoisotopic (exact) mass is 277 g/mol. The lowest BCUT2D eigenvalue weighted by Gasteiger charge is -2.16. The van der Waals surface area contributed by atoms with Gasteiger partial charge in [0.15, 0.2) is 0 Å². The van der Waals surface area contributed by atoms with Crippen LogP contribution in [0.5, 0.6) is 0 Å². The lowest BCUT2D eigenvalue weighted by molar-refractivity contribution is -0.138. The van der Waals surface area contributed by atoms with Gasteiger partial charge in [-0.3, -0.25) is 0 Å². The molecule has 0 aliphatic carbocycles. The minimum absolute atomic E-state index is 0.219. The second kappa shape index (κ2) is 6.27. The van der Waals surface area contributed by atoms with E-state index in [2.05, 4.69) is 15.3 Å². The van der Waals surface area contributed by atoms with Crippen LogP contribution in [0.1, 0.15) is 26.2 Å². The lowest BCUT2D eigenvalue weighted by Crippen LogP contribution is -2.29. The molecular formula is C14H16FN3O2. The molecule has 1 aromatic carbocycles. The third-order valence-electron chi connectivity index (χ3n) is 3.07. The van der Waals surface area contributed by atoms with Crippen molar-refractivity contribution in [3.8, 4) is 0 Å². The molecule has 1 heterocycles. The molecule has 0 unspecified atom stereocenters. The first-order valence-corrected chi connectivity index (χ1v) is 6.52. The lowest BCUT2D eigenvalue weighted by atomic mass is 10.1. The van der Waals surface area contributed by atoms with Crippen LogP contribution in [0.3, 0.4) is 0 Å². The minimum atomic E-state index is -0.971. The Morgan fingerprint density at radius 2 is 2.25 bits per heavy atom. The van der Waals surface area contributed by atoms with E-state index in [0.717, 1.165) is 12.8 Å². The second-order valence-corrected chi connectivity index (χ2v) is 4.53. The molecule has 1 aromatic heterocycles. The highest BCUT2D eigenvalue weighted by atomic mass is 19.1. The van der Waals surface area contributed by atoms with Crippen LogP contribution in [-0.2, 0) is 4.79 Å². The van der Waals surface area contributed by atoms with Crippen LogP contribution < -0.4 is 5.32 Å². The number of fused-ring (bicyclic) bond motifs is 1. The number of rotatable bonds is 6. The molecule has 0 amide bonds. The predicted octanol–water partition coefficient (Wildman–Crippen LogP) is 2.82. The molecule has 0 spiro atoms. The molecule has 0 radical (unpaired) electrons. The minimum Gasteiger partial charge on any atom is -0.480 e. The van der Waals surface area contributed by atoms with Crippen molar-refractivity contribution in [2.24, 2.45) is 0 Å². The Kier molecular flexibility index (Phi) is 4.45. The first kappa shape index (κ1) is 14.2. The molecule has 5 nitrogen and oxygen atoms in total. The fourth-order valence-electron chi connectivity index (χ4n) is 2.01. The van der Waals surface area contributed by atoms with E-state index in [1.807, 2.05) is 6.92 Å². The zero-order valence-corrected chi connectivity index (χ0v) is 11.1. The van der Waals surface area contributed by atoms with E-state index in [1.54, 1.807) is 12.1 Å². The summed E-state index contributed by atoms with van der Waals surface area (Å²) < 4.78 is 13.9. The maximum atomic E-state index is 13.9. The van der Waals surface area contributed by atoms with Crippen molar-refractivity contribution in [1.29, 1.82) is 0 Å². The number of aromatic nitrogens is 2. The Hall–Kier alpha value is -2.24. The highest BCUT2D eigenvalue weighted by Gasteiger charge is 2.19. The predicted molar refractivity (Wildman–Crippen MR) is 74.1 cm³/mol. The maximum Gasteiger partial charge on any atom is 0.326 e. The number of carboxylic acids is 1. The number of unbranched alkanes of at least 4 members (excludes halogenated alkanes) is 1. The second-order valence-electron chi connectivity index (χ2n) is 4.53. The summed E-state index contributed by atoms with van der Waals surface area (Å²) in [6.07, 6.45) is 3.43. The van der Waals surface area contributed by atoms with E-state index >= 15 is 0 Å². The van der Waals surface area contributed by atoms with Gasteiger partial charge in [0.1, 0.15) is 24.0 Å². The Morgan fingerprint density at radius 3 is 2.95 bits per heavy atom. The van der Waals surface area contributed by atoms with Gasteiger partial charge < -0.3 is 10.4 Å². The van der Waals surface area contributed by atoms with Crippen LogP contribution in [0.2, 0.25) is 0 Å². The molecule has 0 saturated heterocycles. The number of hydrogen-bond donors (Lipinski definition) is 2. The highest BCUT2D eigenvalue weighted by molar-refractivity contribution is 5.91. The quantitative estimate of drug-likeness (QED) is 0.849. The number of halogens is 1. The van der Waals surface area contributed by atoms with Gasteiger partial charge in [-0.15, -0.1) is 0 Å². The van der Waals surface area contributed by atoms with Gasteiger partial charge in [-0.05, 0) is 18.6 Å². The molecule has 2 rings (SSSR count). The standard InChI is InChI=1S/C14H16FN3O2/c1-2-3-6-11(14(19)20)18-13-12-9(15)5-4-7-10(12)16-8-17-13/h4-5,7-8,11H,2-3,6H2,1H3,(H,19,20)(H,16,17,18)/t11-/m0/s1. The molecule has 0 fully saturated rings. The zero-order valence-electron chi connectivity index (χ0n) is 11.1.